The molecule has 1 unspecified atom stereocenters. The number of hydrogen-bond acceptors (Lipinski definition) is 4. The molecule has 0 aliphatic heterocycles. The van der Waals surface area contributed by atoms with E-state index in [2.05, 4.69) is 29.1 Å². The predicted molar refractivity (Wildman–Crippen MR) is 81.0 cm³/mol. The van der Waals surface area contributed by atoms with Gasteiger partial charge in [0, 0.05) is 6.04 Å². The molecule has 1 aromatic carbocycles. The molecule has 0 saturated carbocycles. The first-order valence-electron chi connectivity index (χ1n) is 7.18. The lowest BCUT2D eigenvalue weighted by molar-refractivity contribution is 0.0600. The molecule has 0 bridgehead atoms. The quantitative estimate of drug-likeness (QED) is 0.789. The molecule has 1 atom stereocenters. The fraction of sp³-hybridized carbons (Fsp3) is 0.353. The number of methoxy groups -OCH3 is 1. The Balaban J connectivity index is 1.99. The van der Waals surface area contributed by atoms with Gasteiger partial charge in [0.2, 0.25) is 0 Å². The Morgan fingerprint density at radius 3 is 2.76 bits per heavy atom. The number of hydrogen-bond donors (Lipinski definition) is 1. The normalized spacial score (nSPS) is 12.1. The van der Waals surface area contributed by atoms with Crippen LogP contribution in [0.25, 0.3) is 0 Å². The molecule has 21 heavy (non-hydrogen) atoms. The van der Waals surface area contributed by atoms with Crippen LogP contribution in [0.1, 0.15) is 47.5 Å². The van der Waals surface area contributed by atoms with E-state index in [0.717, 1.165) is 18.6 Å². The summed E-state index contributed by atoms with van der Waals surface area (Å²) in [5.41, 5.74) is 1.71. The lowest BCUT2D eigenvalue weighted by Gasteiger charge is -2.17. The Kier molecular flexibility index (Phi) is 5.58. The molecule has 112 valence electrons. The van der Waals surface area contributed by atoms with Gasteiger partial charge in [0.1, 0.15) is 12.0 Å². The summed E-state index contributed by atoms with van der Waals surface area (Å²) in [5.74, 6) is 0.352. The molecule has 1 N–H and O–H groups in total. The van der Waals surface area contributed by atoms with Crippen LogP contribution in [0.4, 0.5) is 0 Å². The van der Waals surface area contributed by atoms with Crippen LogP contribution in [-0.4, -0.2) is 13.1 Å². The van der Waals surface area contributed by atoms with Crippen molar-refractivity contribution < 1.29 is 13.9 Å². The molecule has 0 aliphatic rings. The molecule has 2 aromatic rings. The molecule has 0 aliphatic carbocycles. The summed E-state index contributed by atoms with van der Waals surface area (Å²) in [6.07, 6.45) is 3.58. The minimum Gasteiger partial charge on any atom is -0.467 e. The Hall–Kier alpha value is -2.07. The van der Waals surface area contributed by atoms with Crippen molar-refractivity contribution in [3.8, 4) is 0 Å². The third kappa shape index (κ3) is 4.20. The summed E-state index contributed by atoms with van der Waals surface area (Å²) in [6, 6.07) is 12.3. The molecule has 0 saturated heterocycles. The van der Waals surface area contributed by atoms with Gasteiger partial charge in [-0.15, -0.1) is 0 Å². The van der Waals surface area contributed by atoms with E-state index in [1.807, 2.05) is 18.2 Å². The molecule has 4 nitrogen and oxygen atoms in total. The third-order valence-corrected chi connectivity index (χ3v) is 3.38. The lowest BCUT2D eigenvalue weighted by Crippen LogP contribution is -2.20. The Labute approximate surface area is 125 Å². The van der Waals surface area contributed by atoms with E-state index in [1.54, 1.807) is 6.07 Å². The second-order valence-corrected chi connectivity index (χ2v) is 4.93. The minimum absolute atomic E-state index is 0.280. The van der Waals surface area contributed by atoms with Crippen molar-refractivity contribution in [2.45, 2.75) is 32.4 Å². The first kappa shape index (κ1) is 15.3. The zero-order valence-corrected chi connectivity index (χ0v) is 12.5. The molecule has 1 aromatic heterocycles. The van der Waals surface area contributed by atoms with Crippen LogP contribution in [0.3, 0.4) is 0 Å². The van der Waals surface area contributed by atoms with E-state index in [0.29, 0.717) is 12.1 Å². The SMILES string of the molecule is CCCC(NCc1cc(C(=O)OC)co1)c1ccccc1. The van der Waals surface area contributed by atoms with Crippen molar-refractivity contribution in [3.05, 3.63) is 59.5 Å². The smallest absolute Gasteiger partial charge is 0.341 e. The van der Waals surface area contributed by atoms with E-state index in [1.165, 1.54) is 18.9 Å². The summed E-state index contributed by atoms with van der Waals surface area (Å²) in [6.45, 7) is 2.75. The third-order valence-electron chi connectivity index (χ3n) is 3.38. The van der Waals surface area contributed by atoms with Gasteiger partial charge in [-0.25, -0.2) is 4.79 Å². The van der Waals surface area contributed by atoms with Crippen molar-refractivity contribution in [1.29, 1.82) is 0 Å². The van der Waals surface area contributed by atoms with Crippen molar-refractivity contribution in [2.24, 2.45) is 0 Å². The van der Waals surface area contributed by atoms with Crippen LogP contribution in [0.2, 0.25) is 0 Å². The molecule has 0 amide bonds. The topological polar surface area (TPSA) is 51.5 Å². The number of furan rings is 1. The van der Waals surface area contributed by atoms with Gasteiger partial charge in [0.25, 0.3) is 0 Å². The highest BCUT2D eigenvalue weighted by Gasteiger charge is 2.13. The van der Waals surface area contributed by atoms with Crippen molar-refractivity contribution in [1.82, 2.24) is 5.32 Å². The fourth-order valence-corrected chi connectivity index (χ4v) is 2.28. The van der Waals surface area contributed by atoms with Crippen molar-refractivity contribution >= 4 is 5.97 Å². The summed E-state index contributed by atoms with van der Waals surface area (Å²) in [4.78, 5) is 11.4. The zero-order valence-electron chi connectivity index (χ0n) is 12.5. The summed E-state index contributed by atoms with van der Waals surface area (Å²) >= 11 is 0. The second-order valence-electron chi connectivity index (χ2n) is 4.93. The highest BCUT2D eigenvalue weighted by Crippen LogP contribution is 2.19. The van der Waals surface area contributed by atoms with E-state index >= 15 is 0 Å². The number of rotatable bonds is 7. The maximum atomic E-state index is 11.4. The molecule has 4 heteroatoms. The van der Waals surface area contributed by atoms with Gasteiger partial charge in [0.05, 0.1) is 19.2 Å². The lowest BCUT2D eigenvalue weighted by atomic mass is 10.0. The maximum Gasteiger partial charge on any atom is 0.341 e. The van der Waals surface area contributed by atoms with Crippen LogP contribution < -0.4 is 5.32 Å². The fourth-order valence-electron chi connectivity index (χ4n) is 2.28. The largest absolute Gasteiger partial charge is 0.467 e. The maximum absolute atomic E-state index is 11.4. The molecular weight excluding hydrogens is 266 g/mol. The average Bonchev–Trinajstić information content (AvgIpc) is 3.00. The van der Waals surface area contributed by atoms with Gasteiger partial charge in [-0.1, -0.05) is 43.7 Å². The van der Waals surface area contributed by atoms with Gasteiger partial charge in [-0.05, 0) is 18.1 Å². The number of nitrogens with one attached hydrogen (secondary N) is 1. The molecule has 2 rings (SSSR count). The Morgan fingerprint density at radius 1 is 1.33 bits per heavy atom. The summed E-state index contributed by atoms with van der Waals surface area (Å²) in [7, 11) is 1.36. The van der Waals surface area contributed by atoms with Gasteiger partial charge in [-0.2, -0.15) is 0 Å². The molecule has 0 spiro atoms. The summed E-state index contributed by atoms with van der Waals surface area (Å²) < 4.78 is 10.1. The van der Waals surface area contributed by atoms with E-state index in [9.17, 15) is 4.79 Å². The van der Waals surface area contributed by atoms with E-state index in [4.69, 9.17) is 4.42 Å². The number of ether oxygens (including phenoxy) is 1. The molecule has 0 fully saturated rings. The second kappa shape index (κ2) is 7.64. The standard InChI is InChI=1S/C17H21NO3/c1-3-7-16(13-8-5-4-6-9-13)18-11-15-10-14(12-21-15)17(19)20-2/h4-6,8-10,12,16,18H,3,7,11H2,1-2H3. The van der Waals surface area contributed by atoms with Crippen LogP contribution in [0, 0.1) is 0 Å². The van der Waals surface area contributed by atoms with E-state index in [-0.39, 0.29) is 12.0 Å². The Morgan fingerprint density at radius 2 is 2.10 bits per heavy atom. The van der Waals surface area contributed by atoms with Crippen molar-refractivity contribution in [2.75, 3.05) is 7.11 Å². The average molecular weight is 287 g/mol. The predicted octanol–water partition coefficient (Wildman–Crippen LogP) is 3.70. The van der Waals surface area contributed by atoms with Gasteiger partial charge in [0.15, 0.2) is 0 Å². The van der Waals surface area contributed by atoms with Crippen LogP contribution in [0.15, 0.2) is 47.1 Å². The first-order valence-corrected chi connectivity index (χ1v) is 7.18. The van der Waals surface area contributed by atoms with Crippen LogP contribution >= 0.6 is 0 Å². The molecule has 1 heterocycles. The van der Waals surface area contributed by atoms with E-state index < -0.39 is 0 Å². The number of benzene rings is 1. The minimum atomic E-state index is -0.377. The molecular formula is C17H21NO3. The highest BCUT2D eigenvalue weighted by atomic mass is 16.5. The van der Waals surface area contributed by atoms with Crippen LogP contribution in [0.5, 0.6) is 0 Å². The van der Waals surface area contributed by atoms with Gasteiger partial charge in [-0.3, -0.25) is 0 Å². The van der Waals surface area contributed by atoms with Gasteiger partial charge >= 0.3 is 5.97 Å². The number of esters is 1. The first-order chi connectivity index (χ1) is 10.2. The van der Waals surface area contributed by atoms with Crippen molar-refractivity contribution in [3.63, 3.8) is 0 Å². The van der Waals surface area contributed by atoms with Gasteiger partial charge < -0.3 is 14.5 Å². The van der Waals surface area contributed by atoms with Crippen LogP contribution in [-0.2, 0) is 11.3 Å². The highest BCUT2D eigenvalue weighted by molar-refractivity contribution is 5.88. The number of carbonyl (C=O) groups is 1. The summed E-state index contributed by atoms with van der Waals surface area (Å²) in [5, 5.41) is 3.48. The monoisotopic (exact) mass is 287 g/mol. The zero-order chi connectivity index (χ0) is 15.1. The number of carbonyl (C=O) groups excluding carboxylic acids is 1. The molecule has 0 radical (unpaired) electrons. The Bertz CT molecular complexity index is 562.